The number of rotatable bonds is 4. The summed E-state index contributed by atoms with van der Waals surface area (Å²) in [4.78, 5) is 13.4. The summed E-state index contributed by atoms with van der Waals surface area (Å²) in [6.45, 7) is 4.54. The number of hydrogen-bond donors (Lipinski definition) is 1. The Kier molecular flexibility index (Phi) is 6.00. The van der Waals surface area contributed by atoms with E-state index >= 15 is 0 Å². The van der Waals surface area contributed by atoms with Gasteiger partial charge in [-0.1, -0.05) is 0 Å². The van der Waals surface area contributed by atoms with Crippen molar-refractivity contribution in [2.75, 3.05) is 14.1 Å². The lowest BCUT2D eigenvalue weighted by Crippen LogP contribution is -2.51. The Bertz CT molecular complexity index is 323. The van der Waals surface area contributed by atoms with Gasteiger partial charge in [0.2, 0.25) is 5.91 Å². The number of thiophene rings is 1. The SMILES string of the molecule is CN(C)C(=O)C(C)(C)NCc1ccsc1.Cl. The Hall–Kier alpha value is -0.580. The minimum Gasteiger partial charge on any atom is -0.347 e. The molecule has 1 rings (SSSR count). The van der Waals surface area contributed by atoms with Crippen molar-refractivity contribution in [2.24, 2.45) is 0 Å². The second kappa shape index (κ2) is 6.23. The van der Waals surface area contributed by atoms with Gasteiger partial charge >= 0.3 is 0 Å². The summed E-state index contributed by atoms with van der Waals surface area (Å²) in [6.07, 6.45) is 0. The monoisotopic (exact) mass is 262 g/mol. The Morgan fingerprint density at radius 3 is 2.56 bits per heavy atom. The molecule has 3 nitrogen and oxygen atoms in total. The van der Waals surface area contributed by atoms with Crippen molar-refractivity contribution in [3.63, 3.8) is 0 Å². The van der Waals surface area contributed by atoms with Crippen molar-refractivity contribution in [1.29, 1.82) is 0 Å². The maximum absolute atomic E-state index is 11.8. The summed E-state index contributed by atoms with van der Waals surface area (Å²) in [5.41, 5.74) is 0.713. The quantitative estimate of drug-likeness (QED) is 0.902. The van der Waals surface area contributed by atoms with Crippen LogP contribution in [0.4, 0.5) is 0 Å². The van der Waals surface area contributed by atoms with Crippen molar-refractivity contribution < 1.29 is 4.79 Å². The third kappa shape index (κ3) is 4.12. The number of carbonyl (C=O) groups excluding carboxylic acids is 1. The first-order chi connectivity index (χ1) is 6.93. The van der Waals surface area contributed by atoms with Crippen LogP contribution in [-0.4, -0.2) is 30.4 Å². The van der Waals surface area contributed by atoms with Gasteiger partial charge in [-0.15, -0.1) is 12.4 Å². The van der Waals surface area contributed by atoms with Crippen molar-refractivity contribution >= 4 is 29.7 Å². The Labute approximate surface area is 107 Å². The maximum atomic E-state index is 11.8. The summed E-state index contributed by atoms with van der Waals surface area (Å²) in [6, 6.07) is 2.06. The molecule has 1 heterocycles. The van der Waals surface area contributed by atoms with Gasteiger partial charge in [-0.3, -0.25) is 10.1 Å². The number of carbonyl (C=O) groups is 1. The summed E-state index contributed by atoms with van der Waals surface area (Å²) in [5, 5.41) is 7.38. The van der Waals surface area contributed by atoms with Crippen LogP contribution in [0.2, 0.25) is 0 Å². The van der Waals surface area contributed by atoms with E-state index < -0.39 is 5.54 Å². The number of likely N-dealkylation sites (N-methyl/N-ethyl adjacent to an activating group) is 1. The largest absolute Gasteiger partial charge is 0.347 e. The smallest absolute Gasteiger partial charge is 0.241 e. The Balaban J connectivity index is 0.00000225. The molecule has 0 spiro atoms. The topological polar surface area (TPSA) is 32.3 Å². The normalized spacial score (nSPS) is 10.8. The van der Waals surface area contributed by atoms with Crippen LogP contribution in [0.3, 0.4) is 0 Å². The molecule has 16 heavy (non-hydrogen) atoms. The van der Waals surface area contributed by atoms with Crippen LogP contribution in [0, 0.1) is 0 Å². The highest BCUT2D eigenvalue weighted by Gasteiger charge is 2.28. The van der Waals surface area contributed by atoms with Crippen molar-refractivity contribution in [3.05, 3.63) is 22.4 Å². The summed E-state index contributed by atoms with van der Waals surface area (Å²) < 4.78 is 0. The fourth-order valence-electron chi connectivity index (χ4n) is 1.35. The van der Waals surface area contributed by atoms with Gasteiger partial charge in [0.25, 0.3) is 0 Å². The highest BCUT2D eigenvalue weighted by Crippen LogP contribution is 2.10. The molecule has 0 aliphatic heterocycles. The second-order valence-corrected chi connectivity index (χ2v) is 5.09. The molecule has 0 saturated carbocycles. The molecule has 1 amide bonds. The molecule has 0 radical (unpaired) electrons. The molecule has 92 valence electrons. The summed E-state index contributed by atoms with van der Waals surface area (Å²) in [5.74, 6) is 0.0951. The van der Waals surface area contributed by atoms with Gasteiger partial charge in [0.15, 0.2) is 0 Å². The zero-order chi connectivity index (χ0) is 11.5. The third-order valence-corrected chi connectivity index (χ3v) is 2.99. The van der Waals surface area contributed by atoms with Crippen LogP contribution < -0.4 is 5.32 Å². The van der Waals surface area contributed by atoms with E-state index in [1.807, 2.05) is 19.2 Å². The molecule has 0 aliphatic carbocycles. The Morgan fingerprint density at radius 1 is 1.50 bits per heavy atom. The van der Waals surface area contributed by atoms with Gasteiger partial charge in [0.1, 0.15) is 0 Å². The predicted molar refractivity (Wildman–Crippen MR) is 71.2 cm³/mol. The molecular formula is C11H19ClN2OS. The molecule has 0 bridgehead atoms. The summed E-state index contributed by atoms with van der Waals surface area (Å²) in [7, 11) is 3.55. The van der Waals surface area contributed by atoms with Gasteiger partial charge in [-0.05, 0) is 36.2 Å². The van der Waals surface area contributed by atoms with Crippen molar-refractivity contribution in [2.45, 2.75) is 25.9 Å². The highest BCUT2D eigenvalue weighted by molar-refractivity contribution is 7.07. The molecule has 0 aromatic carbocycles. The van der Waals surface area contributed by atoms with E-state index in [1.165, 1.54) is 5.56 Å². The van der Waals surface area contributed by atoms with Crippen LogP contribution in [-0.2, 0) is 11.3 Å². The van der Waals surface area contributed by atoms with Crippen molar-refractivity contribution in [1.82, 2.24) is 10.2 Å². The van der Waals surface area contributed by atoms with E-state index in [0.29, 0.717) is 0 Å². The van der Waals surface area contributed by atoms with Crippen LogP contribution in [0.1, 0.15) is 19.4 Å². The molecule has 1 N–H and O–H groups in total. The van der Waals surface area contributed by atoms with E-state index in [9.17, 15) is 4.79 Å². The zero-order valence-corrected chi connectivity index (χ0v) is 11.7. The van der Waals surface area contributed by atoms with Gasteiger partial charge in [-0.2, -0.15) is 11.3 Å². The first kappa shape index (κ1) is 15.4. The number of hydrogen-bond acceptors (Lipinski definition) is 3. The van der Waals surface area contributed by atoms with E-state index in [0.717, 1.165) is 6.54 Å². The third-order valence-electron chi connectivity index (χ3n) is 2.26. The maximum Gasteiger partial charge on any atom is 0.241 e. The standard InChI is InChI=1S/C11H18N2OS.ClH/c1-11(2,10(14)13(3)4)12-7-9-5-6-15-8-9;/h5-6,8,12H,7H2,1-4H3;1H. The van der Waals surface area contributed by atoms with Gasteiger partial charge in [0.05, 0.1) is 5.54 Å². The number of halogens is 1. The fraction of sp³-hybridized carbons (Fsp3) is 0.545. The lowest BCUT2D eigenvalue weighted by Gasteiger charge is -2.28. The first-order valence-corrected chi connectivity index (χ1v) is 5.85. The van der Waals surface area contributed by atoms with Gasteiger partial charge in [0, 0.05) is 20.6 Å². The van der Waals surface area contributed by atoms with Crippen LogP contribution in [0.5, 0.6) is 0 Å². The van der Waals surface area contributed by atoms with E-state index in [-0.39, 0.29) is 18.3 Å². The average Bonchev–Trinajstić information content (AvgIpc) is 2.66. The van der Waals surface area contributed by atoms with E-state index in [4.69, 9.17) is 0 Å². The first-order valence-electron chi connectivity index (χ1n) is 4.91. The zero-order valence-electron chi connectivity index (χ0n) is 10.1. The van der Waals surface area contributed by atoms with Gasteiger partial charge < -0.3 is 4.90 Å². The molecule has 1 aromatic rings. The lowest BCUT2D eigenvalue weighted by atomic mass is 10.0. The summed E-state index contributed by atoms with van der Waals surface area (Å²) >= 11 is 1.67. The minimum absolute atomic E-state index is 0. The molecule has 5 heteroatoms. The average molecular weight is 263 g/mol. The molecule has 1 aromatic heterocycles. The van der Waals surface area contributed by atoms with Crippen LogP contribution >= 0.6 is 23.7 Å². The molecule has 0 fully saturated rings. The molecular weight excluding hydrogens is 244 g/mol. The number of nitrogens with zero attached hydrogens (tertiary/aromatic N) is 1. The van der Waals surface area contributed by atoms with E-state index in [2.05, 4.69) is 16.8 Å². The predicted octanol–water partition coefficient (Wildman–Crippen LogP) is 2.13. The van der Waals surface area contributed by atoms with Crippen molar-refractivity contribution in [3.8, 4) is 0 Å². The lowest BCUT2D eigenvalue weighted by molar-refractivity contribution is -0.134. The Morgan fingerprint density at radius 2 is 2.12 bits per heavy atom. The van der Waals surface area contributed by atoms with Crippen LogP contribution in [0.25, 0.3) is 0 Å². The molecule has 0 saturated heterocycles. The van der Waals surface area contributed by atoms with Gasteiger partial charge in [-0.25, -0.2) is 0 Å². The molecule has 0 aliphatic rings. The minimum atomic E-state index is -0.508. The van der Waals surface area contributed by atoms with E-state index in [1.54, 1.807) is 30.3 Å². The number of nitrogens with one attached hydrogen (secondary N) is 1. The fourth-order valence-corrected chi connectivity index (χ4v) is 2.02. The highest BCUT2D eigenvalue weighted by atomic mass is 35.5. The molecule has 0 atom stereocenters. The second-order valence-electron chi connectivity index (χ2n) is 4.31. The molecule has 0 unspecified atom stereocenters. The van der Waals surface area contributed by atoms with Crippen LogP contribution in [0.15, 0.2) is 16.8 Å². The number of amides is 1.